The molecule has 110 valence electrons. The number of anilines is 3. The van der Waals surface area contributed by atoms with Crippen LogP contribution in [0, 0.1) is 0 Å². The van der Waals surface area contributed by atoms with E-state index < -0.39 is 5.97 Å². The van der Waals surface area contributed by atoms with Crippen LogP contribution in [0.4, 0.5) is 17.2 Å². The standard InChI is InChI=1S/C14H14BrN3O3/c1-20-12-4-3-8(15)5-11(12)18-13-10(14(19)21-2)6-9(16)7-17-13/h3-7H,16H2,1-2H3,(H,17,18). The Hall–Kier alpha value is -2.28. The molecule has 0 aliphatic heterocycles. The Kier molecular flexibility index (Phi) is 4.64. The van der Waals surface area contributed by atoms with Crippen molar-refractivity contribution in [3.05, 3.63) is 40.5 Å². The van der Waals surface area contributed by atoms with Crippen molar-refractivity contribution in [2.75, 3.05) is 25.3 Å². The Morgan fingerprint density at radius 2 is 2.10 bits per heavy atom. The quantitative estimate of drug-likeness (QED) is 0.823. The zero-order valence-electron chi connectivity index (χ0n) is 11.5. The zero-order valence-corrected chi connectivity index (χ0v) is 13.1. The van der Waals surface area contributed by atoms with Crippen molar-refractivity contribution in [3.8, 4) is 5.75 Å². The Labute approximate surface area is 130 Å². The van der Waals surface area contributed by atoms with E-state index in [9.17, 15) is 4.79 Å². The van der Waals surface area contributed by atoms with Gasteiger partial charge in [0.1, 0.15) is 17.1 Å². The highest BCUT2D eigenvalue weighted by Gasteiger charge is 2.15. The number of pyridine rings is 1. The molecule has 6 nitrogen and oxygen atoms in total. The average Bonchev–Trinajstić information content (AvgIpc) is 2.48. The molecule has 0 unspecified atom stereocenters. The fraction of sp³-hybridized carbons (Fsp3) is 0.143. The summed E-state index contributed by atoms with van der Waals surface area (Å²) in [5.41, 5.74) is 6.95. The van der Waals surface area contributed by atoms with E-state index in [1.807, 2.05) is 12.1 Å². The third-order valence-corrected chi connectivity index (χ3v) is 3.22. The van der Waals surface area contributed by atoms with Crippen LogP contribution in [0.1, 0.15) is 10.4 Å². The number of halogens is 1. The first-order chi connectivity index (χ1) is 10.0. The number of nitrogens with one attached hydrogen (secondary N) is 1. The SMILES string of the molecule is COC(=O)c1cc(N)cnc1Nc1cc(Br)ccc1OC. The van der Waals surface area contributed by atoms with Crippen molar-refractivity contribution < 1.29 is 14.3 Å². The fourth-order valence-corrected chi connectivity index (χ4v) is 2.11. The molecule has 0 fully saturated rings. The lowest BCUT2D eigenvalue weighted by atomic mass is 10.2. The van der Waals surface area contributed by atoms with Crippen LogP contribution in [0.5, 0.6) is 5.75 Å². The lowest BCUT2D eigenvalue weighted by Gasteiger charge is -2.13. The molecule has 7 heteroatoms. The maximum Gasteiger partial charge on any atom is 0.341 e. The lowest BCUT2D eigenvalue weighted by Crippen LogP contribution is -2.08. The number of hydrogen-bond donors (Lipinski definition) is 2. The van der Waals surface area contributed by atoms with E-state index >= 15 is 0 Å². The van der Waals surface area contributed by atoms with Crippen LogP contribution >= 0.6 is 15.9 Å². The molecule has 0 atom stereocenters. The van der Waals surface area contributed by atoms with E-state index in [-0.39, 0.29) is 5.56 Å². The average molecular weight is 352 g/mol. The first kappa shape index (κ1) is 15.1. The number of esters is 1. The minimum Gasteiger partial charge on any atom is -0.495 e. The smallest absolute Gasteiger partial charge is 0.341 e. The summed E-state index contributed by atoms with van der Waals surface area (Å²) in [7, 11) is 2.86. The third kappa shape index (κ3) is 3.43. The minimum absolute atomic E-state index is 0.250. The first-order valence-corrected chi connectivity index (χ1v) is 6.79. The predicted octanol–water partition coefficient (Wildman–Crippen LogP) is 2.97. The molecule has 0 bridgehead atoms. The van der Waals surface area contributed by atoms with Crippen LogP contribution in [0.3, 0.4) is 0 Å². The summed E-state index contributed by atoms with van der Waals surface area (Å²) in [4.78, 5) is 15.9. The molecule has 0 aliphatic rings. The van der Waals surface area contributed by atoms with E-state index in [2.05, 4.69) is 26.2 Å². The zero-order chi connectivity index (χ0) is 15.4. The van der Waals surface area contributed by atoms with Crippen molar-refractivity contribution in [1.82, 2.24) is 4.98 Å². The van der Waals surface area contributed by atoms with Gasteiger partial charge < -0.3 is 20.5 Å². The van der Waals surface area contributed by atoms with Gasteiger partial charge in [-0.2, -0.15) is 0 Å². The topological polar surface area (TPSA) is 86.5 Å². The second-order valence-corrected chi connectivity index (χ2v) is 5.04. The number of nitrogens with two attached hydrogens (primary N) is 1. The number of hydrogen-bond acceptors (Lipinski definition) is 6. The van der Waals surface area contributed by atoms with Crippen LogP contribution in [0.2, 0.25) is 0 Å². The molecule has 1 aromatic carbocycles. The highest BCUT2D eigenvalue weighted by atomic mass is 79.9. The normalized spacial score (nSPS) is 10.0. The van der Waals surface area contributed by atoms with Gasteiger partial charge in [0.15, 0.2) is 0 Å². The summed E-state index contributed by atoms with van der Waals surface area (Å²) < 4.78 is 10.9. The molecular weight excluding hydrogens is 338 g/mol. The Balaban J connectivity index is 2.44. The first-order valence-electron chi connectivity index (χ1n) is 5.99. The van der Waals surface area contributed by atoms with Crippen molar-refractivity contribution in [2.45, 2.75) is 0 Å². The van der Waals surface area contributed by atoms with Gasteiger partial charge in [-0.1, -0.05) is 15.9 Å². The summed E-state index contributed by atoms with van der Waals surface area (Å²) >= 11 is 3.38. The van der Waals surface area contributed by atoms with Crippen molar-refractivity contribution >= 4 is 39.1 Å². The molecule has 3 N–H and O–H groups in total. The molecule has 0 radical (unpaired) electrons. The number of aromatic nitrogens is 1. The van der Waals surface area contributed by atoms with Gasteiger partial charge in [0.05, 0.1) is 31.8 Å². The molecule has 0 spiro atoms. The van der Waals surface area contributed by atoms with E-state index in [0.29, 0.717) is 22.9 Å². The molecule has 21 heavy (non-hydrogen) atoms. The van der Waals surface area contributed by atoms with Crippen LogP contribution in [-0.2, 0) is 4.74 Å². The second-order valence-electron chi connectivity index (χ2n) is 4.13. The van der Waals surface area contributed by atoms with Gasteiger partial charge in [-0.05, 0) is 24.3 Å². The monoisotopic (exact) mass is 351 g/mol. The van der Waals surface area contributed by atoms with Gasteiger partial charge in [0.2, 0.25) is 0 Å². The fourth-order valence-electron chi connectivity index (χ4n) is 1.75. The molecule has 0 saturated carbocycles. The summed E-state index contributed by atoms with van der Waals surface area (Å²) in [6.45, 7) is 0. The van der Waals surface area contributed by atoms with Crippen LogP contribution < -0.4 is 15.8 Å². The van der Waals surface area contributed by atoms with E-state index in [1.165, 1.54) is 19.4 Å². The van der Waals surface area contributed by atoms with E-state index in [0.717, 1.165) is 4.47 Å². The summed E-state index contributed by atoms with van der Waals surface area (Å²) in [6.07, 6.45) is 1.46. The molecule has 0 aliphatic carbocycles. The van der Waals surface area contributed by atoms with Gasteiger partial charge >= 0.3 is 5.97 Å². The molecular formula is C14H14BrN3O3. The molecule has 2 rings (SSSR count). The number of carbonyl (C=O) groups is 1. The number of carbonyl (C=O) groups excluding carboxylic acids is 1. The third-order valence-electron chi connectivity index (χ3n) is 2.73. The molecule has 1 heterocycles. The maximum absolute atomic E-state index is 11.8. The highest BCUT2D eigenvalue weighted by molar-refractivity contribution is 9.10. The lowest BCUT2D eigenvalue weighted by molar-refractivity contribution is 0.0601. The van der Waals surface area contributed by atoms with Gasteiger partial charge in [-0.3, -0.25) is 0 Å². The number of rotatable bonds is 4. The Morgan fingerprint density at radius 1 is 1.33 bits per heavy atom. The van der Waals surface area contributed by atoms with Crippen molar-refractivity contribution in [1.29, 1.82) is 0 Å². The van der Waals surface area contributed by atoms with E-state index in [1.54, 1.807) is 13.2 Å². The Bertz CT molecular complexity index is 677. The number of ether oxygens (including phenoxy) is 2. The number of methoxy groups -OCH3 is 2. The van der Waals surface area contributed by atoms with Crippen molar-refractivity contribution in [2.24, 2.45) is 0 Å². The van der Waals surface area contributed by atoms with Crippen LogP contribution in [0.15, 0.2) is 34.9 Å². The highest BCUT2D eigenvalue weighted by Crippen LogP contribution is 2.31. The maximum atomic E-state index is 11.8. The van der Waals surface area contributed by atoms with Gasteiger partial charge in [-0.15, -0.1) is 0 Å². The second kappa shape index (κ2) is 6.45. The largest absolute Gasteiger partial charge is 0.495 e. The molecule has 2 aromatic rings. The number of nitrogen functional groups attached to an aromatic ring is 1. The molecule has 0 amide bonds. The summed E-state index contributed by atoms with van der Waals surface area (Å²) in [6, 6.07) is 6.97. The molecule has 0 saturated heterocycles. The van der Waals surface area contributed by atoms with E-state index in [4.69, 9.17) is 15.2 Å². The number of nitrogens with zero attached hydrogens (tertiary/aromatic N) is 1. The van der Waals surface area contributed by atoms with Crippen molar-refractivity contribution in [3.63, 3.8) is 0 Å². The van der Waals surface area contributed by atoms with Gasteiger partial charge in [0.25, 0.3) is 0 Å². The predicted molar refractivity (Wildman–Crippen MR) is 84.0 cm³/mol. The van der Waals surface area contributed by atoms with Crippen LogP contribution in [-0.4, -0.2) is 25.2 Å². The van der Waals surface area contributed by atoms with Gasteiger partial charge in [-0.25, -0.2) is 9.78 Å². The Morgan fingerprint density at radius 3 is 2.76 bits per heavy atom. The molecule has 1 aromatic heterocycles. The summed E-state index contributed by atoms with van der Waals surface area (Å²) in [5.74, 6) is 0.436. The number of benzene rings is 1. The van der Waals surface area contributed by atoms with Gasteiger partial charge in [0, 0.05) is 4.47 Å². The minimum atomic E-state index is -0.522. The van der Waals surface area contributed by atoms with Crippen LogP contribution in [0.25, 0.3) is 0 Å². The summed E-state index contributed by atoms with van der Waals surface area (Å²) in [5, 5.41) is 3.05.